The fourth-order valence-electron chi connectivity index (χ4n) is 0.494. The maximum Gasteiger partial charge on any atom is 0.00762 e. The van der Waals surface area contributed by atoms with Crippen LogP contribution in [0.1, 0.15) is 6.92 Å². The number of allylic oxidation sites excluding steroid dienone is 1. The quantitative estimate of drug-likeness (QED) is 0.472. The Morgan fingerprint density at radius 3 is 2.88 bits per heavy atom. The Labute approximate surface area is 57.3 Å². The number of thioether (sulfide) groups is 1. The molecule has 1 aliphatic rings. The van der Waals surface area contributed by atoms with Crippen LogP contribution in [0.5, 0.6) is 0 Å². The predicted octanol–water partition coefficient (Wildman–Crippen LogP) is 2.30. The molecular weight excluding hydrogens is 136 g/mol. The molecule has 0 fully saturated rings. The zero-order valence-corrected chi connectivity index (χ0v) is 6.81. The first-order valence-electron chi connectivity index (χ1n) is 2.57. The summed E-state index contributed by atoms with van der Waals surface area (Å²) in [6, 6.07) is 0. The molecule has 1 atom stereocenters. The third-order valence-corrected chi connectivity index (χ3v) is 3.96. The van der Waals surface area contributed by atoms with Gasteiger partial charge in [0, 0.05) is 5.75 Å². The second kappa shape index (κ2) is 2.74. The lowest BCUT2D eigenvalue weighted by molar-refractivity contribution is 1.61. The molecule has 0 N–H and O–H groups in total. The molecule has 2 heteroatoms. The van der Waals surface area contributed by atoms with E-state index < -0.39 is 0 Å². The van der Waals surface area contributed by atoms with Gasteiger partial charge in [-0.05, 0) is 22.8 Å². The second-order valence-corrected chi connectivity index (χ2v) is 5.25. The molecule has 0 nitrogen and oxygen atoms in total. The minimum absolute atomic E-state index is 0.551. The molecule has 0 aromatic carbocycles. The molecule has 0 aliphatic carbocycles. The van der Waals surface area contributed by atoms with Gasteiger partial charge in [0.2, 0.25) is 0 Å². The maximum atomic E-state index is 2.33. The Morgan fingerprint density at radius 1 is 1.75 bits per heavy atom. The van der Waals surface area contributed by atoms with Gasteiger partial charge in [-0.2, -0.15) is 10.5 Å². The predicted molar refractivity (Wildman–Crippen MR) is 45.8 cm³/mol. The van der Waals surface area contributed by atoms with Gasteiger partial charge in [0.25, 0.3) is 0 Å². The average Bonchev–Trinajstić information content (AvgIpc) is 1.77. The molecular formula is C6H10S2. The van der Waals surface area contributed by atoms with Gasteiger partial charge in [-0.3, -0.25) is 0 Å². The molecule has 0 aromatic rings. The normalized spacial score (nSPS) is 28.8. The first-order chi connectivity index (χ1) is 3.79. The fourth-order valence-corrected chi connectivity index (χ4v) is 2.87. The highest BCUT2D eigenvalue weighted by atomic mass is 32.2. The van der Waals surface area contributed by atoms with Crippen LogP contribution < -0.4 is 0 Å². The van der Waals surface area contributed by atoms with E-state index in [-0.39, 0.29) is 0 Å². The standard InChI is InChI=1S/C6H10S2/c1-6-3-4-8(2)5-7-6/h3,5H,4H2,1-2H3. The minimum Gasteiger partial charge on any atom is -0.178 e. The van der Waals surface area contributed by atoms with Crippen LogP contribution >= 0.6 is 22.2 Å². The Bertz CT molecular complexity index is 127. The Balaban J connectivity index is 2.54. The van der Waals surface area contributed by atoms with Crippen LogP contribution in [0.4, 0.5) is 0 Å². The van der Waals surface area contributed by atoms with Gasteiger partial charge in [0.05, 0.1) is 0 Å². The molecule has 1 aliphatic heterocycles. The highest BCUT2D eigenvalue weighted by Crippen LogP contribution is 2.23. The molecule has 0 spiro atoms. The van der Waals surface area contributed by atoms with E-state index in [1.54, 1.807) is 0 Å². The topological polar surface area (TPSA) is 0 Å². The second-order valence-electron chi connectivity index (χ2n) is 1.89. The van der Waals surface area contributed by atoms with Gasteiger partial charge in [0.15, 0.2) is 0 Å². The molecule has 8 heavy (non-hydrogen) atoms. The summed E-state index contributed by atoms with van der Waals surface area (Å²) in [6.45, 7) is 2.16. The van der Waals surface area contributed by atoms with E-state index in [9.17, 15) is 0 Å². The van der Waals surface area contributed by atoms with Crippen molar-refractivity contribution < 1.29 is 0 Å². The average molecular weight is 146 g/mol. The molecule has 1 rings (SSSR count). The zero-order valence-electron chi connectivity index (χ0n) is 5.18. The third kappa shape index (κ3) is 1.67. The van der Waals surface area contributed by atoms with Crippen LogP contribution in [-0.2, 0) is 0 Å². The number of rotatable bonds is 0. The first-order valence-corrected chi connectivity index (χ1v) is 5.31. The van der Waals surface area contributed by atoms with Gasteiger partial charge in [0.1, 0.15) is 0 Å². The Kier molecular flexibility index (Phi) is 2.20. The lowest BCUT2D eigenvalue weighted by atomic mass is 10.6. The fraction of sp³-hybridized carbons (Fsp3) is 0.500. The van der Waals surface area contributed by atoms with Gasteiger partial charge in [-0.25, -0.2) is 0 Å². The Hall–Kier alpha value is 0.310. The van der Waals surface area contributed by atoms with Crippen molar-refractivity contribution in [2.45, 2.75) is 6.92 Å². The zero-order chi connectivity index (χ0) is 5.98. The molecule has 0 aromatic heterocycles. The molecule has 0 bridgehead atoms. The Morgan fingerprint density at radius 2 is 2.50 bits per heavy atom. The smallest absolute Gasteiger partial charge is 0.00762 e. The number of hydrogen-bond donors (Lipinski definition) is 0. The summed E-state index contributed by atoms with van der Waals surface area (Å²) in [5.74, 6) is 1.26. The maximum absolute atomic E-state index is 2.33. The summed E-state index contributed by atoms with van der Waals surface area (Å²) in [5, 5.41) is 0. The van der Waals surface area contributed by atoms with Crippen molar-refractivity contribution in [3.8, 4) is 0 Å². The summed E-state index contributed by atoms with van der Waals surface area (Å²) in [6.07, 6.45) is 4.59. The molecule has 46 valence electrons. The third-order valence-electron chi connectivity index (χ3n) is 1.03. The molecule has 0 saturated carbocycles. The summed E-state index contributed by atoms with van der Waals surface area (Å²) in [7, 11) is 0.551. The summed E-state index contributed by atoms with van der Waals surface area (Å²) in [5.41, 5.74) is 0. The molecule has 0 radical (unpaired) electrons. The van der Waals surface area contributed by atoms with E-state index >= 15 is 0 Å². The van der Waals surface area contributed by atoms with Crippen molar-refractivity contribution in [3.05, 3.63) is 11.0 Å². The van der Waals surface area contributed by atoms with Gasteiger partial charge in [-0.1, -0.05) is 17.8 Å². The van der Waals surface area contributed by atoms with Gasteiger partial charge >= 0.3 is 0 Å². The number of hydrogen-bond acceptors (Lipinski definition) is 1. The lowest BCUT2D eigenvalue weighted by Crippen LogP contribution is -1.83. The monoisotopic (exact) mass is 146 g/mol. The van der Waals surface area contributed by atoms with E-state index in [4.69, 9.17) is 0 Å². The van der Waals surface area contributed by atoms with E-state index in [1.807, 2.05) is 11.8 Å². The summed E-state index contributed by atoms with van der Waals surface area (Å²) >= 11 is 1.87. The van der Waals surface area contributed by atoms with Crippen LogP contribution in [0.2, 0.25) is 0 Å². The van der Waals surface area contributed by atoms with Crippen LogP contribution in [0.25, 0.3) is 0 Å². The van der Waals surface area contributed by atoms with Crippen LogP contribution in [0, 0.1) is 0 Å². The highest BCUT2D eigenvalue weighted by Gasteiger charge is 1.94. The van der Waals surface area contributed by atoms with Crippen LogP contribution in [-0.4, -0.2) is 16.7 Å². The lowest BCUT2D eigenvalue weighted by Gasteiger charge is -2.05. The van der Waals surface area contributed by atoms with Crippen LogP contribution in [0.15, 0.2) is 11.0 Å². The molecule has 0 amide bonds. The van der Waals surface area contributed by atoms with Gasteiger partial charge < -0.3 is 0 Å². The highest BCUT2D eigenvalue weighted by molar-refractivity contribution is 8.33. The van der Waals surface area contributed by atoms with Crippen molar-refractivity contribution in [2.75, 3.05) is 12.0 Å². The van der Waals surface area contributed by atoms with E-state index in [1.165, 1.54) is 10.7 Å². The van der Waals surface area contributed by atoms with Crippen molar-refractivity contribution in [1.82, 2.24) is 0 Å². The van der Waals surface area contributed by atoms with E-state index in [0.717, 1.165) is 0 Å². The summed E-state index contributed by atoms with van der Waals surface area (Å²) < 4.78 is 2.33. The van der Waals surface area contributed by atoms with Gasteiger partial charge in [-0.15, -0.1) is 0 Å². The minimum atomic E-state index is 0.551. The largest absolute Gasteiger partial charge is 0.178 e. The van der Waals surface area contributed by atoms with Crippen molar-refractivity contribution in [1.29, 1.82) is 0 Å². The van der Waals surface area contributed by atoms with E-state index in [2.05, 4.69) is 24.0 Å². The molecule has 1 heterocycles. The molecule has 1 unspecified atom stereocenters. The van der Waals surface area contributed by atoms with Crippen molar-refractivity contribution in [3.63, 3.8) is 0 Å². The molecule has 0 saturated heterocycles. The first kappa shape index (κ1) is 6.43. The SMILES string of the molecule is CC1=CCS(C)=CS1. The van der Waals surface area contributed by atoms with Crippen molar-refractivity contribution >= 4 is 26.9 Å². The van der Waals surface area contributed by atoms with E-state index in [0.29, 0.717) is 10.5 Å². The van der Waals surface area contributed by atoms with Crippen molar-refractivity contribution in [2.24, 2.45) is 0 Å². The van der Waals surface area contributed by atoms with Crippen LogP contribution in [0.3, 0.4) is 0 Å². The summed E-state index contributed by atoms with van der Waals surface area (Å²) in [4.78, 5) is 1.45.